The van der Waals surface area contributed by atoms with Crippen LogP contribution in [0.5, 0.6) is 0 Å². The molecular formula is C14H19NO2S. The second-order valence-electron chi connectivity index (χ2n) is 4.72. The zero-order valence-electron chi connectivity index (χ0n) is 10.6. The molecule has 0 N–H and O–H groups in total. The summed E-state index contributed by atoms with van der Waals surface area (Å²) >= 11 is 4.21. The van der Waals surface area contributed by atoms with E-state index in [1.807, 2.05) is 31.3 Å². The minimum Gasteiger partial charge on any atom is -0.376 e. The van der Waals surface area contributed by atoms with Gasteiger partial charge < -0.3 is 9.64 Å². The SMILES string of the molecule is CN(CC1CCCCO1)C(=O)c1ccc(S)cc1. The molecule has 98 valence electrons. The summed E-state index contributed by atoms with van der Waals surface area (Å²) < 4.78 is 5.65. The first-order valence-corrected chi connectivity index (χ1v) is 6.77. The molecule has 0 aliphatic carbocycles. The highest BCUT2D eigenvalue weighted by Crippen LogP contribution is 2.15. The van der Waals surface area contributed by atoms with Crippen molar-refractivity contribution in [1.82, 2.24) is 4.90 Å². The van der Waals surface area contributed by atoms with Crippen molar-refractivity contribution in [3.05, 3.63) is 29.8 Å². The lowest BCUT2D eigenvalue weighted by molar-refractivity contribution is -0.000188. The summed E-state index contributed by atoms with van der Waals surface area (Å²) in [5.74, 6) is 0.0394. The maximum atomic E-state index is 12.2. The van der Waals surface area contributed by atoms with E-state index in [0.29, 0.717) is 12.1 Å². The maximum absolute atomic E-state index is 12.2. The van der Waals surface area contributed by atoms with Crippen LogP contribution in [0.25, 0.3) is 0 Å². The Labute approximate surface area is 114 Å². The van der Waals surface area contributed by atoms with Crippen LogP contribution in [0.4, 0.5) is 0 Å². The van der Waals surface area contributed by atoms with Crippen molar-refractivity contribution in [2.45, 2.75) is 30.3 Å². The van der Waals surface area contributed by atoms with E-state index in [1.165, 1.54) is 6.42 Å². The van der Waals surface area contributed by atoms with Gasteiger partial charge in [0.2, 0.25) is 0 Å². The average Bonchev–Trinajstić information content (AvgIpc) is 2.40. The largest absolute Gasteiger partial charge is 0.376 e. The highest BCUT2D eigenvalue weighted by atomic mass is 32.1. The second kappa shape index (κ2) is 6.25. The van der Waals surface area contributed by atoms with E-state index < -0.39 is 0 Å². The van der Waals surface area contributed by atoms with Gasteiger partial charge in [-0.05, 0) is 43.5 Å². The number of benzene rings is 1. The van der Waals surface area contributed by atoms with Gasteiger partial charge in [-0.2, -0.15) is 0 Å². The molecule has 0 bridgehead atoms. The second-order valence-corrected chi connectivity index (χ2v) is 5.24. The summed E-state index contributed by atoms with van der Waals surface area (Å²) in [6, 6.07) is 7.29. The molecular weight excluding hydrogens is 246 g/mol. The van der Waals surface area contributed by atoms with Crippen LogP contribution in [0.3, 0.4) is 0 Å². The molecule has 1 aliphatic rings. The number of hydrogen-bond donors (Lipinski definition) is 1. The fraction of sp³-hybridized carbons (Fsp3) is 0.500. The predicted molar refractivity (Wildman–Crippen MR) is 74.2 cm³/mol. The smallest absolute Gasteiger partial charge is 0.253 e. The van der Waals surface area contributed by atoms with Crippen LogP contribution in [0.2, 0.25) is 0 Å². The molecule has 1 saturated heterocycles. The van der Waals surface area contributed by atoms with Gasteiger partial charge in [-0.3, -0.25) is 4.79 Å². The molecule has 2 rings (SSSR count). The summed E-state index contributed by atoms with van der Waals surface area (Å²) in [5.41, 5.74) is 0.700. The number of amides is 1. The van der Waals surface area contributed by atoms with Gasteiger partial charge in [-0.25, -0.2) is 0 Å². The lowest BCUT2D eigenvalue weighted by Crippen LogP contribution is -2.37. The molecule has 1 aromatic carbocycles. The Morgan fingerprint density at radius 1 is 1.39 bits per heavy atom. The first kappa shape index (κ1) is 13.4. The third-order valence-electron chi connectivity index (χ3n) is 3.21. The topological polar surface area (TPSA) is 29.5 Å². The molecule has 4 heteroatoms. The van der Waals surface area contributed by atoms with Crippen molar-refractivity contribution < 1.29 is 9.53 Å². The molecule has 1 fully saturated rings. The molecule has 3 nitrogen and oxygen atoms in total. The van der Waals surface area contributed by atoms with Crippen molar-refractivity contribution in [2.24, 2.45) is 0 Å². The van der Waals surface area contributed by atoms with Crippen molar-refractivity contribution in [3.8, 4) is 0 Å². The molecule has 1 unspecified atom stereocenters. The van der Waals surface area contributed by atoms with Crippen molar-refractivity contribution in [1.29, 1.82) is 0 Å². The van der Waals surface area contributed by atoms with Crippen LogP contribution >= 0.6 is 12.6 Å². The quantitative estimate of drug-likeness (QED) is 0.851. The van der Waals surface area contributed by atoms with Gasteiger partial charge in [-0.1, -0.05) is 0 Å². The standard InChI is InChI=1S/C14H19NO2S/c1-15(10-12-4-2-3-9-17-12)14(16)11-5-7-13(18)8-6-11/h5-8,12,18H,2-4,9-10H2,1H3. The monoisotopic (exact) mass is 265 g/mol. The van der Waals surface area contributed by atoms with Crippen LogP contribution in [0.1, 0.15) is 29.6 Å². The number of rotatable bonds is 3. The average molecular weight is 265 g/mol. The molecule has 0 spiro atoms. The molecule has 0 radical (unpaired) electrons. The van der Waals surface area contributed by atoms with Crippen LogP contribution in [-0.2, 0) is 4.74 Å². The van der Waals surface area contributed by atoms with Crippen molar-refractivity contribution >= 4 is 18.5 Å². The van der Waals surface area contributed by atoms with Crippen LogP contribution in [0, 0.1) is 0 Å². The summed E-state index contributed by atoms with van der Waals surface area (Å²) in [6.45, 7) is 1.49. The molecule has 1 heterocycles. The summed E-state index contributed by atoms with van der Waals surface area (Å²) in [7, 11) is 1.83. The summed E-state index contributed by atoms with van der Waals surface area (Å²) in [4.78, 5) is 14.8. The van der Waals surface area contributed by atoms with Gasteiger partial charge in [0.05, 0.1) is 6.10 Å². The number of likely N-dealkylation sites (N-methyl/N-ethyl adjacent to an activating group) is 1. The molecule has 1 atom stereocenters. The van der Waals surface area contributed by atoms with Gasteiger partial charge in [0.25, 0.3) is 5.91 Å². The number of thiol groups is 1. The number of nitrogens with zero attached hydrogens (tertiary/aromatic N) is 1. The Balaban J connectivity index is 1.93. The molecule has 0 saturated carbocycles. The van der Waals surface area contributed by atoms with E-state index in [0.717, 1.165) is 24.3 Å². The van der Waals surface area contributed by atoms with Gasteiger partial charge >= 0.3 is 0 Å². The Morgan fingerprint density at radius 3 is 2.72 bits per heavy atom. The van der Waals surface area contributed by atoms with E-state index in [2.05, 4.69) is 12.6 Å². The van der Waals surface area contributed by atoms with Crippen LogP contribution in [-0.4, -0.2) is 37.1 Å². The molecule has 18 heavy (non-hydrogen) atoms. The minimum absolute atomic E-state index is 0.0394. The molecule has 1 aliphatic heterocycles. The fourth-order valence-electron chi connectivity index (χ4n) is 2.16. The van der Waals surface area contributed by atoms with Crippen LogP contribution < -0.4 is 0 Å². The molecule has 0 aromatic heterocycles. The normalized spacial score (nSPS) is 19.6. The van der Waals surface area contributed by atoms with Gasteiger partial charge in [-0.15, -0.1) is 12.6 Å². The molecule has 1 amide bonds. The Kier molecular flexibility index (Phi) is 4.66. The Bertz CT molecular complexity index is 399. The van der Waals surface area contributed by atoms with Gasteiger partial charge in [0.1, 0.15) is 0 Å². The number of hydrogen-bond acceptors (Lipinski definition) is 3. The third kappa shape index (κ3) is 3.50. The molecule has 1 aromatic rings. The van der Waals surface area contributed by atoms with E-state index in [-0.39, 0.29) is 12.0 Å². The lowest BCUT2D eigenvalue weighted by Gasteiger charge is -2.27. The lowest BCUT2D eigenvalue weighted by atomic mass is 10.1. The first-order chi connectivity index (χ1) is 8.66. The third-order valence-corrected chi connectivity index (χ3v) is 3.51. The van der Waals surface area contributed by atoms with E-state index >= 15 is 0 Å². The Hall–Kier alpha value is -1.00. The fourth-order valence-corrected chi connectivity index (χ4v) is 2.31. The Morgan fingerprint density at radius 2 is 2.11 bits per heavy atom. The number of carbonyl (C=O) groups excluding carboxylic acids is 1. The number of ether oxygens (including phenoxy) is 1. The number of carbonyl (C=O) groups is 1. The zero-order chi connectivity index (χ0) is 13.0. The van der Waals surface area contributed by atoms with Gasteiger partial charge in [0, 0.05) is 30.7 Å². The first-order valence-electron chi connectivity index (χ1n) is 6.33. The predicted octanol–water partition coefficient (Wildman–Crippen LogP) is 2.62. The van der Waals surface area contributed by atoms with Crippen molar-refractivity contribution in [3.63, 3.8) is 0 Å². The van der Waals surface area contributed by atoms with Crippen LogP contribution in [0.15, 0.2) is 29.2 Å². The van der Waals surface area contributed by atoms with Crippen molar-refractivity contribution in [2.75, 3.05) is 20.2 Å². The van der Waals surface area contributed by atoms with E-state index in [1.54, 1.807) is 4.90 Å². The highest BCUT2D eigenvalue weighted by molar-refractivity contribution is 7.80. The zero-order valence-corrected chi connectivity index (χ0v) is 11.5. The highest BCUT2D eigenvalue weighted by Gasteiger charge is 2.19. The summed E-state index contributed by atoms with van der Waals surface area (Å²) in [6.07, 6.45) is 3.57. The van der Waals surface area contributed by atoms with Gasteiger partial charge in [0.15, 0.2) is 0 Å². The van der Waals surface area contributed by atoms with E-state index in [4.69, 9.17) is 4.74 Å². The minimum atomic E-state index is 0.0394. The van der Waals surface area contributed by atoms with E-state index in [9.17, 15) is 4.79 Å². The maximum Gasteiger partial charge on any atom is 0.253 e. The summed E-state index contributed by atoms with van der Waals surface area (Å²) in [5, 5.41) is 0.